The molecule has 1 aromatic rings. The van der Waals surface area contributed by atoms with E-state index < -0.39 is 0 Å². The molecule has 2 rings (SSSR count). The zero-order valence-electron chi connectivity index (χ0n) is 10.3. The van der Waals surface area contributed by atoms with Crippen LogP contribution in [0.1, 0.15) is 19.0 Å². The van der Waals surface area contributed by atoms with Gasteiger partial charge in [0.2, 0.25) is 5.91 Å². The number of nitrogens with zero attached hydrogens (tertiary/aromatic N) is 1. The van der Waals surface area contributed by atoms with Crippen LogP contribution in [-0.4, -0.2) is 23.5 Å². The van der Waals surface area contributed by atoms with Gasteiger partial charge < -0.3 is 10.1 Å². The van der Waals surface area contributed by atoms with Gasteiger partial charge in [-0.2, -0.15) is 0 Å². The highest BCUT2D eigenvalue weighted by Gasteiger charge is 2.48. The van der Waals surface area contributed by atoms with Crippen molar-refractivity contribution in [2.75, 3.05) is 6.61 Å². The number of esters is 1. The number of hydrogen-bond donors (Lipinski definition) is 1. The molecule has 1 fully saturated rings. The molecule has 18 heavy (non-hydrogen) atoms. The lowest BCUT2D eigenvalue weighted by atomic mass is 10.3. The zero-order valence-corrected chi connectivity index (χ0v) is 10.3. The van der Waals surface area contributed by atoms with Crippen molar-refractivity contribution in [3.63, 3.8) is 0 Å². The molecule has 2 atom stereocenters. The van der Waals surface area contributed by atoms with Gasteiger partial charge >= 0.3 is 5.97 Å². The fourth-order valence-electron chi connectivity index (χ4n) is 1.81. The Labute approximate surface area is 106 Å². The molecule has 1 aliphatic rings. The van der Waals surface area contributed by atoms with Gasteiger partial charge in [-0.1, -0.05) is 6.07 Å². The van der Waals surface area contributed by atoms with Gasteiger partial charge in [0.25, 0.3) is 0 Å². The third kappa shape index (κ3) is 3.06. The van der Waals surface area contributed by atoms with Crippen LogP contribution in [0.15, 0.2) is 24.4 Å². The van der Waals surface area contributed by atoms with Crippen molar-refractivity contribution >= 4 is 11.9 Å². The summed E-state index contributed by atoms with van der Waals surface area (Å²) < 4.78 is 4.88. The molecule has 0 aliphatic heterocycles. The van der Waals surface area contributed by atoms with Gasteiger partial charge in [0, 0.05) is 6.20 Å². The smallest absolute Gasteiger partial charge is 0.309 e. The lowest BCUT2D eigenvalue weighted by Gasteiger charge is -2.04. The van der Waals surface area contributed by atoms with Crippen LogP contribution < -0.4 is 5.32 Å². The van der Waals surface area contributed by atoms with Gasteiger partial charge in [-0.3, -0.25) is 14.6 Å². The monoisotopic (exact) mass is 248 g/mol. The third-order valence-electron chi connectivity index (χ3n) is 2.89. The third-order valence-corrected chi connectivity index (χ3v) is 2.89. The number of carbonyl (C=O) groups excluding carboxylic acids is 2. The molecule has 1 aliphatic carbocycles. The Kier molecular flexibility index (Phi) is 3.92. The fraction of sp³-hybridized carbons (Fsp3) is 0.462. The number of hydrogen-bond acceptors (Lipinski definition) is 4. The molecule has 1 amide bonds. The number of nitrogens with one attached hydrogen (secondary N) is 1. The highest BCUT2D eigenvalue weighted by atomic mass is 16.5. The summed E-state index contributed by atoms with van der Waals surface area (Å²) in [5, 5.41) is 2.78. The zero-order chi connectivity index (χ0) is 13.0. The summed E-state index contributed by atoms with van der Waals surface area (Å²) >= 11 is 0. The van der Waals surface area contributed by atoms with E-state index in [1.54, 1.807) is 13.1 Å². The Morgan fingerprint density at radius 1 is 1.44 bits per heavy atom. The molecule has 5 heteroatoms. The molecule has 0 aromatic carbocycles. The number of ether oxygens (including phenoxy) is 1. The van der Waals surface area contributed by atoms with Crippen LogP contribution in [0.2, 0.25) is 0 Å². The average Bonchev–Trinajstić information content (AvgIpc) is 3.18. The van der Waals surface area contributed by atoms with Crippen molar-refractivity contribution in [2.45, 2.75) is 19.9 Å². The molecule has 1 aromatic heterocycles. The van der Waals surface area contributed by atoms with Crippen molar-refractivity contribution in [3.8, 4) is 0 Å². The van der Waals surface area contributed by atoms with Crippen LogP contribution in [0.25, 0.3) is 0 Å². The summed E-state index contributed by atoms with van der Waals surface area (Å²) in [4.78, 5) is 27.2. The minimum atomic E-state index is -0.268. The first-order valence-electron chi connectivity index (χ1n) is 6.06. The molecular weight excluding hydrogens is 232 g/mol. The normalized spacial score (nSPS) is 21.2. The fourth-order valence-corrected chi connectivity index (χ4v) is 1.81. The van der Waals surface area contributed by atoms with Crippen LogP contribution in [0.5, 0.6) is 0 Å². The summed E-state index contributed by atoms with van der Waals surface area (Å²) in [7, 11) is 0. The van der Waals surface area contributed by atoms with E-state index in [9.17, 15) is 9.59 Å². The van der Waals surface area contributed by atoms with Crippen molar-refractivity contribution in [3.05, 3.63) is 30.1 Å². The molecule has 1 heterocycles. The van der Waals surface area contributed by atoms with Gasteiger partial charge in [0.15, 0.2) is 0 Å². The predicted molar refractivity (Wildman–Crippen MR) is 64.3 cm³/mol. The number of carbonyl (C=O) groups is 2. The van der Waals surface area contributed by atoms with E-state index in [-0.39, 0.29) is 23.7 Å². The molecule has 96 valence electrons. The van der Waals surface area contributed by atoms with E-state index in [2.05, 4.69) is 10.3 Å². The molecular formula is C13H16N2O3. The maximum Gasteiger partial charge on any atom is 0.309 e. The molecule has 0 spiro atoms. The van der Waals surface area contributed by atoms with Crippen LogP contribution in [-0.2, 0) is 20.9 Å². The first-order valence-corrected chi connectivity index (χ1v) is 6.06. The number of rotatable bonds is 5. The second-order valence-electron chi connectivity index (χ2n) is 4.24. The van der Waals surface area contributed by atoms with Crippen LogP contribution >= 0.6 is 0 Å². The predicted octanol–water partition coefficient (Wildman–Crippen LogP) is 0.897. The molecule has 0 radical (unpaired) electrons. The van der Waals surface area contributed by atoms with Crippen molar-refractivity contribution in [2.24, 2.45) is 11.8 Å². The van der Waals surface area contributed by atoms with E-state index in [4.69, 9.17) is 4.74 Å². The SMILES string of the molecule is CCOC(=O)[C@H]1C[C@H]1C(=O)NCc1ccccn1. The highest BCUT2D eigenvalue weighted by Crippen LogP contribution is 2.39. The van der Waals surface area contributed by atoms with Gasteiger partial charge in [-0.25, -0.2) is 0 Å². The molecule has 0 bridgehead atoms. The summed E-state index contributed by atoms with van der Waals surface area (Å²) in [6, 6.07) is 5.53. The first-order chi connectivity index (χ1) is 8.72. The van der Waals surface area contributed by atoms with E-state index >= 15 is 0 Å². The molecule has 0 unspecified atom stereocenters. The largest absolute Gasteiger partial charge is 0.466 e. The van der Waals surface area contributed by atoms with E-state index in [0.29, 0.717) is 19.6 Å². The van der Waals surface area contributed by atoms with Gasteiger partial charge in [-0.05, 0) is 25.5 Å². The van der Waals surface area contributed by atoms with Crippen LogP contribution in [0, 0.1) is 11.8 Å². The summed E-state index contributed by atoms with van der Waals surface area (Å²) in [6.07, 6.45) is 2.27. The average molecular weight is 248 g/mol. The Balaban J connectivity index is 1.76. The standard InChI is InChI=1S/C13H16N2O3/c1-2-18-13(17)11-7-10(11)12(16)15-8-9-5-3-4-6-14-9/h3-6,10-11H,2,7-8H2,1H3,(H,15,16)/t10-,11+/m1/s1. The van der Waals surface area contributed by atoms with Crippen molar-refractivity contribution in [1.29, 1.82) is 0 Å². The molecule has 1 N–H and O–H groups in total. The minimum absolute atomic E-state index is 0.0984. The second kappa shape index (κ2) is 5.62. The quantitative estimate of drug-likeness (QED) is 0.786. The van der Waals surface area contributed by atoms with Crippen LogP contribution in [0.4, 0.5) is 0 Å². The van der Waals surface area contributed by atoms with E-state index in [0.717, 1.165) is 5.69 Å². The maximum atomic E-state index is 11.8. The summed E-state index contributed by atoms with van der Waals surface area (Å²) in [5.74, 6) is -0.851. The van der Waals surface area contributed by atoms with Gasteiger partial charge in [0.05, 0.1) is 30.7 Å². The Morgan fingerprint density at radius 2 is 2.28 bits per heavy atom. The number of aromatic nitrogens is 1. The molecule has 5 nitrogen and oxygen atoms in total. The number of amides is 1. The molecule has 1 saturated carbocycles. The second-order valence-corrected chi connectivity index (χ2v) is 4.24. The maximum absolute atomic E-state index is 11.8. The van der Waals surface area contributed by atoms with Crippen molar-refractivity contribution in [1.82, 2.24) is 10.3 Å². The van der Waals surface area contributed by atoms with E-state index in [1.807, 2.05) is 18.2 Å². The lowest BCUT2D eigenvalue weighted by Crippen LogP contribution is -2.26. The Morgan fingerprint density at radius 3 is 2.94 bits per heavy atom. The summed E-state index contributed by atoms with van der Waals surface area (Å²) in [6.45, 7) is 2.51. The first kappa shape index (κ1) is 12.5. The number of pyridine rings is 1. The van der Waals surface area contributed by atoms with Gasteiger partial charge in [-0.15, -0.1) is 0 Å². The topological polar surface area (TPSA) is 68.3 Å². The summed E-state index contributed by atoms with van der Waals surface area (Å²) in [5.41, 5.74) is 0.805. The Bertz CT molecular complexity index is 433. The van der Waals surface area contributed by atoms with Crippen LogP contribution in [0.3, 0.4) is 0 Å². The molecule has 0 saturated heterocycles. The lowest BCUT2D eigenvalue weighted by molar-refractivity contribution is -0.146. The van der Waals surface area contributed by atoms with E-state index in [1.165, 1.54) is 0 Å². The minimum Gasteiger partial charge on any atom is -0.466 e. The Hall–Kier alpha value is -1.91. The highest BCUT2D eigenvalue weighted by molar-refractivity contribution is 5.90. The van der Waals surface area contributed by atoms with Gasteiger partial charge in [0.1, 0.15) is 0 Å². The van der Waals surface area contributed by atoms with Crippen molar-refractivity contribution < 1.29 is 14.3 Å².